The van der Waals surface area contributed by atoms with Crippen LogP contribution >= 0.6 is 38.9 Å². The predicted molar refractivity (Wildman–Crippen MR) is 86.9 cm³/mol. The number of rotatable bonds is 4. The molecular weight excluding hydrogens is 364 g/mol. The monoisotopic (exact) mass is 374 g/mol. The van der Waals surface area contributed by atoms with E-state index in [0.717, 1.165) is 20.6 Å². The molecule has 0 radical (unpaired) electrons. The van der Waals surface area contributed by atoms with E-state index in [1.165, 1.54) is 11.3 Å². The van der Waals surface area contributed by atoms with Crippen molar-refractivity contribution in [3.8, 4) is 0 Å². The molecule has 0 saturated heterocycles. The maximum absolute atomic E-state index is 11.0. The fourth-order valence-electron chi connectivity index (χ4n) is 1.89. The number of hydrogen-bond donors (Lipinski definition) is 1. The number of halogens is 2. The van der Waals surface area contributed by atoms with E-state index in [1.54, 1.807) is 13.0 Å². The van der Waals surface area contributed by atoms with E-state index in [1.807, 2.05) is 19.1 Å². The minimum absolute atomic E-state index is 0.128. The molecule has 0 bridgehead atoms. The summed E-state index contributed by atoms with van der Waals surface area (Å²) in [5.41, 5.74) is 2.54. The molecular formula is C13H12BrClN2O2S. The van der Waals surface area contributed by atoms with Crippen molar-refractivity contribution >= 4 is 50.2 Å². The summed E-state index contributed by atoms with van der Waals surface area (Å²) in [6, 6.07) is 5.34. The van der Waals surface area contributed by atoms with Crippen molar-refractivity contribution in [1.82, 2.24) is 0 Å². The first-order valence-corrected chi connectivity index (χ1v) is 7.80. The molecule has 0 aliphatic rings. The summed E-state index contributed by atoms with van der Waals surface area (Å²) < 4.78 is 1.57. The second-order valence-corrected chi connectivity index (χ2v) is 6.99. The fourth-order valence-corrected chi connectivity index (χ4v) is 3.62. The van der Waals surface area contributed by atoms with E-state index in [4.69, 9.17) is 11.6 Å². The first kappa shape index (κ1) is 15.3. The van der Waals surface area contributed by atoms with Gasteiger partial charge in [0.05, 0.1) is 4.92 Å². The van der Waals surface area contributed by atoms with E-state index in [0.29, 0.717) is 16.4 Å². The van der Waals surface area contributed by atoms with Crippen molar-refractivity contribution in [1.29, 1.82) is 0 Å². The van der Waals surface area contributed by atoms with E-state index in [2.05, 4.69) is 21.2 Å². The molecule has 7 heteroatoms. The lowest BCUT2D eigenvalue weighted by Gasteiger charge is -2.09. The SMILES string of the molecule is Cc1cc(C)c([N+](=O)[O-])cc1NCc1cc(Br)c(Cl)s1. The standard InChI is InChI=1S/C13H12BrClN2O2S/c1-7-3-8(2)12(17(18)19)5-11(7)16-6-9-4-10(14)13(15)20-9/h3-5,16H,6H2,1-2H3. The Bertz CT molecular complexity index is 653. The zero-order valence-corrected chi connectivity index (χ0v) is 14.0. The van der Waals surface area contributed by atoms with Crippen LogP contribution in [-0.2, 0) is 6.54 Å². The van der Waals surface area contributed by atoms with Crippen LogP contribution in [0.1, 0.15) is 16.0 Å². The maximum atomic E-state index is 11.0. The van der Waals surface area contributed by atoms with Crippen molar-refractivity contribution in [3.05, 3.63) is 53.1 Å². The summed E-state index contributed by atoms with van der Waals surface area (Å²) in [5.74, 6) is 0. The Labute approximate surface area is 134 Å². The van der Waals surface area contributed by atoms with Gasteiger partial charge in [-0.3, -0.25) is 10.1 Å². The molecule has 0 spiro atoms. The Kier molecular flexibility index (Phi) is 4.67. The third-order valence-electron chi connectivity index (χ3n) is 2.89. The van der Waals surface area contributed by atoms with Crippen LogP contribution < -0.4 is 5.32 Å². The topological polar surface area (TPSA) is 55.2 Å². The summed E-state index contributed by atoms with van der Waals surface area (Å²) in [5, 5.41) is 14.2. The minimum atomic E-state index is -0.363. The van der Waals surface area contributed by atoms with E-state index in [-0.39, 0.29) is 10.6 Å². The lowest BCUT2D eigenvalue weighted by molar-refractivity contribution is -0.385. The number of nitrogens with one attached hydrogen (secondary N) is 1. The van der Waals surface area contributed by atoms with E-state index in [9.17, 15) is 10.1 Å². The van der Waals surface area contributed by atoms with Crippen molar-refractivity contribution in [2.75, 3.05) is 5.32 Å². The van der Waals surface area contributed by atoms with Gasteiger partial charge < -0.3 is 5.32 Å². The predicted octanol–water partition coefficient (Wildman–Crippen LogP) is 5.30. The van der Waals surface area contributed by atoms with Gasteiger partial charge in [0.1, 0.15) is 4.34 Å². The highest BCUT2D eigenvalue weighted by atomic mass is 79.9. The van der Waals surface area contributed by atoms with Gasteiger partial charge in [0.2, 0.25) is 0 Å². The number of thiophene rings is 1. The zero-order valence-electron chi connectivity index (χ0n) is 10.9. The third kappa shape index (κ3) is 3.31. The molecule has 0 aliphatic heterocycles. The molecule has 1 aromatic carbocycles. The van der Waals surface area contributed by atoms with Gasteiger partial charge in [0.15, 0.2) is 0 Å². The third-order valence-corrected chi connectivity index (χ3v) is 5.36. The molecule has 106 valence electrons. The van der Waals surface area contributed by atoms with Crippen LogP contribution in [0.25, 0.3) is 0 Å². The number of nitro groups is 1. The Morgan fingerprint density at radius 1 is 1.35 bits per heavy atom. The molecule has 20 heavy (non-hydrogen) atoms. The van der Waals surface area contributed by atoms with Gasteiger partial charge in [-0.05, 0) is 47.5 Å². The molecule has 1 N–H and O–H groups in total. The molecule has 0 saturated carbocycles. The highest BCUT2D eigenvalue weighted by Gasteiger charge is 2.13. The van der Waals surface area contributed by atoms with Crippen LogP contribution in [0.4, 0.5) is 11.4 Å². The summed E-state index contributed by atoms with van der Waals surface area (Å²) in [4.78, 5) is 11.7. The minimum Gasteiger partial charge on any atom is -0.380 e. The number of hydrogen-bond acceptors (Lipinski definition) is 4. The van der Waals surface area contributed by atoms with Gasteiger partial charge in [0, 0.05) is 33.2 Å². The average Bonchev–Trinajstić information content (AvgIpc) is 2.67. The van der Waals surface area contributed by atoms with Crippen LogP contribution in [0.5, 0.6) is 0 Å². The first-order chi connectivity index (χ1) is 9.38. The van der Waals surface area contributed by atoms with Gasteiger partial charge in [-0.15, -0.1) is 11.3 Å². The number of aryl methyl sites for hydroxylation is 2. The number of nitro benzene ring substituents is 1. The lowest BCUT2D eigenvalue weighted by Crippen LogP contribution is -2.01. The average molecular weight is 376 g/mol. The van der Waals surface area contributed by atoms with Crippen LogP contribution in [0.15, 0.2) is 22.7 Å². The van der Waals surface area contributed by atoms with Crippen molar-refractivity contribution in [3.63, 3.8) is 0 Å². The smallest absolute Gasteiger partial charge is 0.274 e. The fraction of sp³-hybridized carbons (Fsp3) is 0.231. The van der Waals surface area contributed by atoms with Gasteiger partial charge in [-0.25, -0.2) is 0 Å². The van der Waals surface area contributed by atoms with Crippen LogP contribution in [0, 0.1) is 24.0 Å². The molecule has 0 aliphatic carbocycles. The number of nitrogens with zero attached hydrogens (tertiary/aromatic N) is 1. The molecule has 4 nitrogen and oxygen atoms in total. The molecule has 0 amide bonds. The highest BCUT2D eigenvalue weighted by molar-refractivity contribution is 9.10. The Morgan fingerprint density at radius 2 is 2.05 bits per heavy atom. The largest absolute Gasteiger partial charge is 0.380 e. The number of benzene rings is 1. The lowest BCUT2D eigenvalue weighted by atomic mass is 10.1. The Morgan fingerprint density at radius 3 is 2.60 bits per heavy atom. The first-order valence-electron chi connectivity index (χ1n) is 5.81. The highest BCUT2D eigenvalue weighted by Crippen LogP contribution is 2.33. The molecule has 2 rings (SSSR count). The molecule has 0 atom stereocenters. The summed E-state index contributed by atoms with van der Waals surface area (Å²) in [6.45, 7) is 4.25. The van der Waals surface area contributed by atoms with Gasteiger partial charge in [-0.1, -0.05) is 11.6 Å². The van der Waals surface area contributed by atoms with Crippen molar-refractivity contribution in [2.24, 2.45) is 0 Å². The quantitative estimate of drug-likeness (QED) is 0.582. The maximum Gasteiger partial charge on any atom is 0.274 e. The molecule has 1 heterocycles. The molecule has 1 aromatic heterocycles. The second kappa shape index (κ2) is 6.11. The Balaban J connectivity index is 2.21. The van der Waals surface area contributed by atoms with Crippen molar-refractivity contribution < 1.29 is 4.92 Å². The zero-order chi connectivity index (χ0) is 14.9. The summed E-state index contributed by atoms with van der Waals surface area (Å²) in [7, 11) is 0. The van der Waals surface area contributed by atoms with Gasteiger partial charge in [0.25, 0.3) is 5.69 Å². The summed E-state index contributed by atoms with van der Waals surface area (Å²) in [6.07, 6.45) is 0. The summed E-state index contributed by atoms with van der Waals surface area (Å²) >= 11 is 10.8. The second-order valence-electron chi connectivity index (χ2n) is 4.40. The van der Waals surface area contributed by atoms with Gasteiger partial charge >= 0.3 is 0 Å². The Hall–Kier alpha value is -1.11. The van der Waals surface area contributed by atoms with Crippen LogP contribution in [0.2, 0.25) is 4.34 Å². The van der Waals surface area contributed by atoms with E-state index < -0.39 is 0 Å². The molecule has 2 aromatic rings. The molecule has 0 fully saturated rings. The normalized spacial score (nSPS) is 10.6. The number of anilines is 1. The van der Waals surface area contributed by atoms with Crippen LogP contribution in [0.3, 0.4) is 0 Å². The van der Waals surface area contributed by atoms with Crippen LogP contribution in [-0.4, -0.2) is 4.92 Å². The molecule has 0 unspecified atom stereocenters. The van der Waals surface area contributed by atoms with E-state index >= 15 is 0 Å². The van der Waals surface area contributed by atoms with Gasteiger partial charge in [-0.2, -0.15) is 0 Å². The van der Waals surface area contributed by atoms with Crippen molar-refractivity contribution in [2.45, 2.75) is 20.4 Å².